The van der Waals surface area contributed by atoms with Crippen molar-refractivity contribution in [1.29, 1.82) is 0 Å². The molecule has 0 bridgehead atoms. The van der Waals surface area contributed by atoms with Crippen LogP contribution in [-0.4, -0.2) is 41.5 Å². The van der Waals surface area contributed by atoms with E-state index in [1.54, 1.807) is 0 Å². The molecule has 7 nitrogen and oxygen atoms in total. The third-order valence-electron chi connectivity index (χ3n) is 7.08. The summed E-state index contributed by atoms with van der Waals surface area (Å²) in [5, 5.41) is 18.7. The van der Waals surface area contributed by atoms with Crippen molar-refractivity contribution in [1.82, 2.24) is 16.0 Å². The first kappa shape index (κ1) is 24.0. The number of carboxylic acids is 1. The topological polar surface area (TPSA) is 108 Å². The van der Waals surface area contributed by atoms with E-state index in [9.17, 15) is 19.5 Å². The molecule has 4 N–H and O–H groups in total. The number of benzene rings is 2. The lowest BCUT2D eigenvalue weighted by Crippen LogP contribution is -2.49. The van der Waals surface area contributed by atoms with Crippen molar-refractivity contribution >= 4 is 17.8 Å². The van der Waals surface area contributed by atoms with Gasteiger partial charge in [0.25, 0.3) is 0 Å². The molecule has 34 heavy (non-hydrogen) atoms. The fourth-order valence-electron chi connectivity index (χ4n) is 4.98. The van der Waals surface area contributed by atoms with Gasteiger partial charge in [0.15, 0.2) is 0 Å². The second-order valence-corrected chi connectivity index (χ2v) is 9.46. The summed E-state index contributed by atoms with van der Waals surface area (Å²) < 4.78 is 0. The van der Waals surface area contributed by atoms with Gasteiger partial charge in [0.1, 0.15) is 6.04 Å². The minimum absolute atomic E-state index is 0.0274. The van der Waals surface area contributed by atoms with E-state index in [1.165, 1.54) is 11.1 Å². The van der Waals surface area contributed by atoms with E-state index >= 15 is 0 Å². The molecule has 2 atom stereocenters. The molecule has 2 amide bonds. The summed E-state index contributed by atoms with van der Waals surface area (Å²) in [6, 6.07) is 16.4. The lowest BCUT2D eigenvalue weighted by Gasteiger charge is -2.30. The Hall–Kier alpha value is -3.19. The summed E-state index contributed by atoms with van der Waals surface area (Å²) in [6.07, 6.45) is 4.06. The Morgan fingerprint density at radius 2 is 1.59 bits per heavy atom. The van der Waals surface area contributed by atoms with Gasteiger partial charge in [0.2, 0.25) is 11.8 Å². The lowest BCUT2D eigenvalue weighted by molar-refractivity contribution is -0.142. The highest BCUT2D eigenvalue weighted by Gasteiger charge is 2.30. The molecular formula is C27H33N3O4. The maximum absolute atomic E-state index is 12.7. The van der Waals surface area contributed by atoms with Gasteiger partial charge >= 0.3 is 5.97 Å². The quantitative estimate of drug-likeness (QED) is 0.481. The zero-order valence-electron chi connectivity index (χ0n) is 19.3. The van der Waals surface area contributed by atoms with Gasteiger partial charge < -0.3 is 21.1 Å². The molecule has 0 saturated heterocycles. The van der Waals surface area contributed by atoms with Gasteiger partial charge in [-0.25, -0.2) is 4.79 Å². The molecule has 180 valence electrons. The molecule has 1 fully saturated rings. The minimum Gasteiger partial charge on any atom is -0.480 e. The van der Waals surface area contributed by atoms with Gasteiger partial charge in [-0.3, -0.25) is 9.59 Å². The fourth-order valence-corrected chi connectivity index (χ4v) is 4.98. The maximum atomic E-state index is 12.7. The number of fused-ring (bicyclic) bond motifs is 1. The zero-order valence-corrected chi connectivity index (χ0v) is 19.3. The summed E-state index contributed by atoms with van der Waals surface area (Å²) >= 11 is 0. The van der Waals surface area contributed by atoms with Crippen LogP contribution >= 0.6 is 0 Å². The molecule has 1 saturated carbocycles. The molecule has 2 aromatic rings. The highest BCUT2D eigenvalue weighted by Crippen LogP contribution is 2.29. The number of hydrogen-bond donors (Lipinski definition) is 4. The number of carbonyl (C=O) groups excluding carboxylic acids is 2. The standard InChI is InChI=1S/C27H33N3O4/c31-25(30-24(27(33)34)14-18-6-2-1-3-7-18)20-12-10-19(11-13-20)16-29-26(32)23-15-21-8-4-5-9-22(21)17-28-23/h1-9,19-20,23-24,28H,10-17H2,(H,29,32)(H,30,31)(H,33,34). The lowest BCUT2D eigenvalue weighted by atomic mass is 9.81. The molecule has 1 heterocycles. The van der Waals surface area contributed by atoms with Crippen LogP contribution in [0.4, 0.5) is 0 Å². The van der Waals surface area contributed by atoms with E-state index in [-0.39, 0.29) is 30.2 Å². The average molecular weight is 464 g/mol. The normalized spacial score (nSPS) is 22.8. The Morgan fingerprint density at radius 1 is 0.912 bits per heavy atom. The maximum Gasteiger partial charge on any atom is 0.326 e. The van der Waals surface area contributed by atoms with Crippen LogP contribution in [0.15, 0.2) is 54.6 Å². The van der Waals surface area contributed by atoms with Gasteiger partial charge in [0, 0.05) is 25.4 Å². The Balaban J connectivity index is 1.20. The highest BCUT2D eigenvalue weighted by atomic mass is 16.4. The smallest absolute Gasteiger partial charge is 0.326 e. The van der Waals surface area contributed by atoms with Crippen molar-refractivity contribution in [2.24, 2.45) is 11.8 Å². The van der Waals surface area contributed by atoms with Crippen molar-refractivity contribution in [2.75, 3.05) is 6.54 Å². The summed E-state index contributed by atoms with van der Waals surface area (Å²) in [5.74, 6) is -1.02. The molecule has 1 aliphatic carbocycles. The average Bonchev–Trinajstić information content (AvgIpc) is 2.87. The Bertz CT molecular complexity index is 1000. The van der Waals surface area contributed by atoms with Crippen molar-refractivity contribution in [2.45, 2.75) is 57.2 Å². The van der Waals surface area contributed by atoms with Crippen molar-refractivity contribution in [3.8, 4) is 0 Å². The van der Waals surface area contributed by atoms with Gasteiger partial charge in [-0.05, 0) is 54.7 Å². The first-order valence-corrected chi connectivity index (χ1v) is 12.1. The number of rotatable bonds is 8. The van der Waals surface area contributed by atoms with Crippen LogP contribution in [0, 0.1) is 11.8 Å². The van der Waals surface area contributed by atoms with E-state index < -0.39 is 12.0 Å². The molecule has 4 rings (SSSR count). The van der Waals surface area contributed by atoms with Gasteiger partial charge in [0.05, 0.1) is 6.04 Å². The van der Waals surface area contributed by atoms with Crippen molar-refractivity contribution in [3.05, 3.63) is 71.3 Å². The van der Waals surface area contributed by atoms with Crippen LogP contribution in [0.25, 0.3) is 0 Å². The number of aliphatic carboxylic acids is 1. The first-order chi connectivity index (χ1) is 16.5. The van der Waals surface area contributed by atoms with E-state index in [1.807, 2.05) is 42.5 Å². The van der Waals surface area contributed by atoms with Gasteiger partial charge in [-0.2, -0.15) is 0 Å². The Labute approximate surface area is 200 Å². The van der Waals surface area contributed by atoms with E-state index in [4.69, 9.17) is 0 Å². The molecule has 0 aromatic heterocycles. The number of nitrogens with one attached hydrogen (secondary N) is 3. The summed E-state index contributed by atoms with van der Waals surface area (Å²) in [7, 11) is 0. The molecule has 2 aromatic carbocycles. The summed E-state index contributed by atoms with van der Waals surface area (Å²) in [5.41, 5.74) is 3.35. The second-order valence-electron chi connectivity index (χ2n) is 9.46. The first-order valence-electron chi connectivity index (χ1n) is 12.1. The predicted molar refractivity (Wildman–Crippen MR) is 129 cm³/mol. The number of carboxylic acid groups (broad SMARTS) is 1. The third-order valence-corrected chi connectivity index (χ3v) is 7.08. The predicted octanol–water partition coefficient (Wildman–Crippen LogP) is 2.44. The monoisotopic (exact) mass is 463 g/mol. The van der Waals surface area contributed by atoms with E-state index in [2.05, 4.69) is 28.1 Å². The third kappa shape index (κ3) is 6.23. The summed E-state index contributed by atoms with van der Waals surface area (Å²) in [4.78, 5) is 37.1. The van der Waals surface area contributed by atoms with Crippen LogP contribution in [0.5, 0.6) is 0 Å². The fraction of sp³-hybridized carbons (Fsp3) is 0.444. The number of hydrogen-bond acceptors (Lipinski definition) is 4. The van der Waals surface area contributed by atoms with Crippen molar-refractivity contribution in [3.63, 3.8) is 0 Å². The highest BCUT2D eigenvalue weighted by molar-refractivity contribution is 5.85. The van der Waals surface area contributed by atoms with E-state index in [0.29, 0.717) is 38.3 Å². The molecule has 2 aliphatic rings. The molecule has 0 spiro atoms. The van der Waals surface area contributed by atoms with Gasteiger partial charge in [-0.1, -0.05) is 54.6 Å². The van der Waals surface area contributed by atoms with Crippen molar-refractivity contribution < 1.29 is 19.5 Å². The molecule has 7 heteroatoms. The molecule has 0 radical (unpaired) electrons. The number of amides is 2. The summed E-state index contributed by atoms with van der Waals surface area (Å²) in [6.45, 7) is 1.31. The van der Waals surface area contributed by atoms with Crippen LogP contribution in [0.3, 0.4) is 0 Å². The van der Waals surface area contributed by atoms with Crippen LogP contribution in [0.2, 0.25) is 0 Å². The zero-order chi connectivity index (χ0) is 23.9. The Kier molecular flexibility index (Phi) is 7.95. The number of carbonyl (C=O) groups is 3. The largest absolute Gasteiger partial charge is 0.480 e. The SMILES string of the molecule is O=C(NC(Cc1ccccc1)C(=O)O)C1CCC(CNC(=O)C2Cc3ccccc3CN2)CC1. The Morgan fingerprint density at radius 3 is 2.29 bits per heavy atom. The molecular weight excluding hydrogens is 430 g/mol. The minimum atomic E-state index is -1.02. The van der Waals surface area contributed by atoms with Crippen LogP contribution < -0.4 is 16.0 Å². The molecule has 1 aliphatic heterocycles. The molecule has 2 unspecified atom stereocenters. The van der Waals surface area contributed by atoms with Gasteiger partial charge in [-0.15, -0.1) is 0 Å². The van der Waals surface area contributed by atoms with E-state index in [0.717, 1.165) is 18.4 Å². The van der Waals surface area contributed by atoms with Crippen LogP contribution in [0.1, 0.15) is 42.4 Å². The second kappa shape index (κ2) is 11.3. The van der Waals surface area contributed by atoms with Crippen LogP contribution in [-0.2, 0) is 33.8 Å².